The fourth-order valence-corrected chi connectivity index (χ4v) is 3.04. The molecule has 118 valence electrons. The van der Waals surface area contributed by atoms with Crippen molar-refractivity contribution in [3.63, 3.8) is 0 Å². The topological polar surface area (TPSA) is 21.3 Å². The van der Waals surface area contributed by atoms with Gasteiger partial charge in [-0.3, -0.25) is 0 Å². The van der Waals surface area contributed by atoms with Crippen molar-refractivity contribution in [1.29, 1.82) is 0 Å². The molecule has 1 aliphatic carbocycles. The molecule has 1 aromatic carbocycles. The lowest BCUT2D eigenvalue weighted by molar-refractivity contribution is -0.0505. The molecular formula is C16H22ClF2NO. The van der Waals surface area contributed by atoms with Crippen LogP contribution in [0.1, 0.15) is 38.2 Å². The SMILES string of the molecule is CC1CCC(CNCc2cc(Cl)ccc2OC(F)F)CC1. The van der Waals surface area contributed by atoms with Crippen molar-refractivity contribution >= 4 is 11.6 Å². The van der Waals surface area contributed by atoms with Crippen molar-refractivity contribution in [2.45, 2.75) is 45.8 Å². The van der Waals surface area contributed by atoms with Crippen LogP contribution in [0.4, 0.5) is 8.78 Å². The Morgan fingerprint density at radius 3 is 2.67 bits per heavy atom. The van der Waals surface area contributed by atoms with Gasteiger partial charge in [-0.25, -0.2) is 0 Å². The van der Waals surface area contributed by atoms with Gasteiger partial charge >= 0.3 is 6.61 Å². The Balaban J connectivity index is 1.85. The van der Waals surface area contributed by atoms with Gasteiger partial charge in [-0.2, -0.15) is 8.78 Å². The van der Waals surface area contributed by atoms with E-state index in [-0.39, 0.29) is 5.75 Å². The zero-order chi connectivity index (χ0) is 15.2. The van der Waals surface area contributed by atoms with Gasteiger partial charge in [0.1, 0.15) is 5.75 Å². The molecule has 0 amide bonds. The number of nitrogens with one attached hydrogen (secondary N) is 1. The normalized spacial score (nSPS) is 22.5. The first kappa shape index (κ1) is 16.5. The number of halogens is 3. The first-order valence-corrected chi connectivity index (χ1v) is 7.86. The zero-order valence-electron chi connectivity index (χ0n) is 12.2. The molecule has 0 aromatic heterocycles. The molecule has 0 bridgehead atoms. The average Bonchev–Trinajstić information content (AvgIpc) is 2.43. The Morgan fingerprint density at radius 1 is 1.29 bits per heavy atom. The van der Waals surface area contributed by atoms with Crippen molar-refractivity contribution in [3.05, 3.63) is 28.8 Å². The van der Waals surface area contributed by atoms with Crippen molar-refractivity contribution < 1.29 is 13.5 Å². The van der Waals surface area contributed by atoms with Crippen LogP contribution in [0.3, 0.4) is 0 Å². The Bertz CT molecular complexity index is 448. The molecule has 0 unspecified atom stereocenters. The minimum Gasteiger partial charge on any atom is -0.434 e. The fourth-order valence-electron chi connectivity index (χ4n) is 2.84. The van der Waals surface area contributed by atoms with Gasteiger partial charge in [0.15, 0.2) is 0 Å². The number of hydrogen-bond donors (Lipinski definition) is 1. The molecular weight excluding hydrogens is 296 g/mol. The summed E-state index contributed by atoms with van der Waals surface area (Å²) in [4.78, 5) is 0. The van der Waals surface area contributed by atoms with Gasteiger partial charge in [0, 0.05) is 17.1 Å². The molecule has 1 aromatic rings. The minimum absolute atomic E-state index is 0.194. The largest absolute Gasteiger partial charge is 0.434 e. The third-order valence-electron chi connectivity index (χ3n) is 4.12. The van der Waals surface area contributed by atoms with Gasteiger partial charge in [-0.1, -0.05) is 31.4 Å². The fraction of sp³-hybridized carbons (Fsp3) is 0.625. The summed E-state index contributed by atoms with van der Waals surface area (Å²) < 4.78 is 29.3. The average molecular weight is 318 g/mol. The first-order chi connectivity index (χ1) is 10.0. The molecule has 0 radical (unpaired) electrons. The van der Waals surface area contributed by atoms with E-state index in [9.17, 15) is 8.78 Å². The van der Waals surface area contributed by atoms with E-state index in [0.29, 0.717) is 23.0 Å². The van der Waals surface area contributed by atoms with Crippen LogP contribution in [0, 0.1) is 11.8 Å². The number of ether oxygens (including phenoxy) is 1. The van der Waals surface area contributed by atoms with E-state index < -0.39 is 6.61 Å². The molecule has 1 saturated carbocycles. The number of rotatable bonds is 6. The summed E-state index contributed by atoms with van der Waals surface area (Å²) in [5.41, 5.74) is 0.673. The third kappa shape index (κ3) is 5.44. The highest BCUT2D eigenvalue weighted by Crippen LogP contribution is 2.28. The van der Waals surface area contributed by atoms with Gasteiger partial charge in [-0.15, -0.1) is 0 Å². The summed E-state index contributed by atoms with van der Waals surface area (Å²) in [6.45, 7) is 0.885. The van der Waals surface area contributed by atoms with Gasteiger partial charge in [0.2, 0.25) is 0 Å². The molecule has 0 saturated heterocycles. The Kier molecular flexibility index (Phi) is 6.24. The number of hydrogen-bond acceptors (Lipinski definition) is 2. The lowest BCUT2D eigenvalue weighted by Gasteiger charge is -2.26. The minimum atomic E-state index is -2.82. The molecule has 1 N–H and O–H groups in total. The Labute approximate surface area is 129 Å². The Morgan fingerprint density at radius 2 is 2.00 bits per heavy atom. The van der Waals surface area contributed by atoms with Crippen LogP contribution in [-0.4, -0.2) is 13.2 Å². The summed E-state index contributed by atoms with van der Waals surface area (Å²) in [7, 11) is 0. The summed E-state index contributed by atoms with van der Waals surface area (Å²) in [5, 5.41) is 3.87. The molecule has 0 atom stereocenters. The van der Waals surface area contributed by atoms with Gasteiger partial charge in [0.05, 0.1) is 0 Å². The second kappa shape index (κ2) is 7.95. The van der Waals surface area contributed by atoms with Gasteiger partial charge in [0.25, 0.3) is 0 Å². The predicted octanol–water partition coefficient (Wildman–Crippen LogP) is 4.86. The molecule has 5 heteroatoms. The van der Waals surface area contributed by atoms with Crippen molar-refractivity contribution in [1.82, 2.24) is 5.32 Å². The lowest BCUT2D eigenvalue weighted by atomic mass is 9.83. The Hall–Kier alpha value is -0.870. The van der Waals surface area contributed by atoms with Crippen LogP contribution < -0.4 is 10.1 Å². The molecule has 0 spiro atoms. The molecule has 2 rings (SSSR count). The summed E-state index contributed by atoms with van der Waals surface area (Å²) in [6.07, 6.45) is 5.04. The molecule has 0 aliphatic heterocycles. The highest BCUT2D eigenvalue weighted by atomic mass is 35.5. The second-order valence-corrected chi connectivity index (χ2v) is 6.32. The molecule has 0 heterocycles. The maximum absolute atomic E-state index is 12.4. The molecule has 1 fully saturated rings. The smallest absolute Gasteiger partial charge is 0.387 e. The van der Waals surface area contributed by atoms with Gasteiger partial charge in [-0.05, 0) is 49.4 Å². The van der Waals surface area contributed by atoms with E-state index in [1.165, 1.54) is 31.7 Å². The first-order valence-electron chi connectivity index (χ1n) is 7.48. The standard InChI is InChI=1S/C16H22ClF2NO/c1-11-2-4-12(5-3-11)9-20-10-13-8-14(17)6-7-15(13)21-16(18)19/h6-8,11-12,16,20H,2-5,9-10H2,1H3. The van der Waals surface area contributed by atoms with E-state index in [2.05, 4.69) is 17.0 Å². The number of benzene rings is 1. The quantitative estimate of drug-likeness (QED) is 0.809. The van der Waals surface area contributed by atoms with Crippen LogP contribution in [0.25, 0.3) is 0 Å². The maximum atomic E-state index is 12.4. The van der Waals surface area contributed by atoms with E-state index in [1.807, 2.05) is 0 Å². The lowest BCUT2D eigenvalue weighted by Crippen LogP contribution is -2.26. The zero-order valence-corrected chi connectivity index (χ0v) is 13.0. The summed E-state index contributed by atoms with van der Waals surface area (Å²) in [6, 6.07) is 4.73. The van der Waals surface area contributed by atoms with Crippen LogP contribution >= 0.6 is 11.6 Å². The summed E-state index contributed by atoms with van der Waals surface area (Å²) >= 11 is 5.93. The summed E-state index contributed by atoms with van der Waals surface area (Å²) in [5.74, 6) is 1.71. The van der Waals surface area contributed by atoms with Crippen LogP contribution in [0.2, 0.25) is 5.02 Å². The molecule has 1 aliphatic rings. The van der Waals surface area contributed by atoms with Crippen LogP contribution in [0.15, 0.2) is 18.2 Å². The highest BCUT2D eigenvalue weighted by molar-refractivity contribution is 6.30. The van der Waals surface area contributed by atoms with Crippen LogP contribution in [-0.2, 0) is 6.54 Å². The molecule has 21 heavy (non-hydrogen) atoms. The third-order valence-corrected chi connectivity index (χ3v) is 4.36. The van der Waals surface area contributed by atoms with E-state index in [4.69, 9.17) is 11.6 Å². The van der Waals surface area contributed by atoms with Crippen molar-refractivity contribution in [2.75, 3.05) is 6.54 Å². The van der Waals surface area contributed by atoms with Crippen LogP contribution in [0.5, 0.6) is 5.75 Å². The maximum Gasteiger partial charge on any atom is 0.387 e. The van der Waals surface area contributed by atoms with E-state index in [1.54, 1.807) is 12.1 Å². The highest BCUT2D eigenvalue weighted by Gasteiger charge is 2.18. The van der Waals surface area contributed by atoms with Gasteiger partial charge < -0.3 is 10.1 Å². The number of alkyl halides is 2. The van der Waals surface area contributed by atoms with E-state index >= 15 is 0 Å². The second-order valence-electron chi connectivity index (χ2n) is 5.89. The predicted molar refractivity (Wildman–Crippen MR) is 80.9 cm³/mol. The van der Waals surface area contributed by atoms with E-state index in [0.717, 1.165) is 12.5 Å². The van der Waals surface area contributed by atoms with Crippen molar-refractivity contribution in [2.24, 2.45) is 11.8 Å². The van der Waals surface area contributed by atoms with Crippen molar-refractivity contribution in [3.8, 4) is 5.75 Å². The monoisotopic (exact) mass is 317 g/mol. The molecule has 2 nitrogen and oxygen atoms in total.